The van der Waals surface area contributed by atoms with Crippen molar-refractivity contribution >= 4 is 0 Å². The lowest BCUT2D eigenvalue weighted by molar-refractivity contribution is 0.204. The molecule has 4 heterocycles. The van der Waals surface area contributed by atoms with Crippen molar-refractivity contribution in [3.63, 3.8) is 0 Å². The molecule has 21 heavy (non-hydrogen) atoms. The summed E-state index contributed by atoms with van der Waals surface area (Å²) in [6.45, 7) is 3.48. The van der Waals surface area contributed by atoms with Crippen LogP contribution in [0, 0.1) is 5.92 Å². The summed E-state index contributed by atoms with van der Waals surface area (Å²) in [6.07, 6.45) is 10.0. The molecule has 0 amide bonds. The van der Waals surface area contributed by atoms with Crippen LogP contribution in [0.4, 0.5) is 0 Å². The van der Waals surface area contributed by atoms with E-state index in [9.17, 15) is 0 Å². The first-order chi connectivity index (χ1) is 10.2. The first kappa shape index (κ1) is 13.1. The lowest BCUT2D eigenvalue weighted by Crippen LogP contribution is -2.33. The Morgan fingerprint density at radius 3 is 2.71 bits per heavy atom. The van der Waals surface area contributed by atoms with Crippen LogP contribution in [-0.4, -0.2) is 39.2 Å². The van der Waals surface area contributed by atoms with Crippen LogP contribution < -0.4 is 0 Å². The van der Waals surface area contributed by atoms with E-state index >= 15 is 0 Å². The molecule has 2 aliphatic heterocycles. The molecule has 2 aliphatic rings. The van der Waals surface area contributed by atoms with Gasteiger partial charge in [-0.2, -0.15) is 0 Å². The van der Waals surface area contributed by atoms with Crippen LogP contribution >= 0.6 is 0 Å². The molecule has 0 N–H and O–H groups in total. The number of piperidine rings is 1. The number of imidazole rings is 1. The standard InChI is InChI=1S/C17H24N4/c1-19-8-3-13(4-9-19)16-14-5-10-20(2)15(14)6-11-21-12-7-18-17(16)21/h5,7,10,12-13,16H,3-4,6,8-9,11H2,1-2H3. The summed E-state index contributed by atoms with van der Waals surface area (Å²) < 4.78 is 4.69. The van der Waals surface area contributed by atoms with Gasteiger partial charge in [0.15, 0.2) is 0 Å². The van der Waals surface area contributed by atoms with Crippen LogP contribution in [0.5, 0.6) is 0 Å². The Morgan fingerprint density at radius 1 is 1.10 bits per heavy atom. The highest BCUT2D eigenvalue weighted by Crippen LogP contribution is 2.40. The van der Waals surface area contributed by atoms with Crippen LogP contribution in [-0.2, 0) is 20.0 Å². The van der Waals surface area contributed by atoms with E-state index in [1.807, 2.05) is 6.20 Å². The van der Waals surface area contributed by atoms with Crippen molar-refractivity contribution < 1.29 is 0 Å². The predicted octanol–water partition coefficient (Wildman–Crippen LogP) is 2.25. The molecule has 2 aromatic rings. The highest BCUT2D eigenvalue weighted by atomic mass is 15.1. The SMILES string of the molecule is CN1CCC(C2c3ccn(C)c3CCn3ccnc32)CC1. The minimum Gasteiger partial charge on any atom is -0.354 e. The highest BCUT2D eigenvalue weighted by Gasteiger charge is 2.34. The topological polar surface area (TPSA) is 26.0 Å². The third kappa shape index (κ3) is 2.13. The zero-order valence-electron chi connectivity index (χ0n) is 13.0. The summed E-state index contributed by atoms with van der Waals surface area (Å²) in [5, 5.41) is 0. The first-order valence-corrected chi connectivity index (χ1v) is 8.07. The van der Waals surface area contributed by atoms with Gasteiger partial charge < -0.3 is 14.0 Å². The maximum atomic E-state index is 4.74. The van der Waals surface area contributed by atoms with Gasteiger partial charge in [-0.1, -0.05) is 0 Å². The fraction of sp³-hybridized carbons (Fsp3) is 0.588. The first-order valence-electron chi connectivity index (χ1n) is 8.07. The minimum atomic E-state index is 0.479. The monoisotopic (exact) mass is 284 g/mol. The van der Waals surface area contributed by atoms with Crippen molar-refractivity contribution in [1.82, 2.24) is 19.0 Å². The number of aryl methyl sites for hydroxylation is 2. The molecule has 0 spiro atoms. The van der Waals surface area contributed by atoms with Crippen LogP contribution in [0.1, 0.15) is 35.8 Å². The summed E-state index contributed by atoms with van der Waals surface area (Å²) in [5.41, 5.74) is 3.03. The fourth-order valence-electron chi connectivity index (χ4n) is 4.17. The van der Waals surface area contributed by atoms with Gasteiger partial charge >= 0.3 is 0 Å². The summed E-state index contributed by atoms with van der Waals surface area (Å²) in [6, 6.07) is 2.34. The molecule has 1 fully saturated rings. The number of hydrogen-bond donors (Lipinski definition) is 0. The average molecular weight is 284 g/mol. The van der Waals surface area contributed by atoms with E-state index in [0.29, 0.717) is 5.92 Å². The van der Waals surface area contributed by atoms with Gasteiger partial charge in [0.1, 0.15) is 5.82 Å². The van der Waals surface area contributed by atoms with E-state index in [4.69, 9.17) is 4.98 Å². The van der Waals surface area contributed by atoms with Gasteiger partial charge in [-0.05, 0) is 50.5 Å². The molecule has 4 heteroatoms. The van der Waals surface area contributed by atoms with E-state index in [0.717, 1.165) is 18.9 Å². The molecule has 0 bridgehead atoms. The molecule has 4 rings (SSSR count). The Balaban J connectivity index is 1.78. The van der Waals surface area contributed by atoms with E-state index in [-0.39, 0.29) is 0 Å². The summed E-state index contributed by atoms with van der Waals surface area (Å²) in [5.74, 6) is 2.49. The number of nitrogens with zero attached hydrogens (tertiary/aromatic N) is 4. The molecular weight excluding hydrogens is 260 g/mol. The molecular formula is C17H24N4. The maximum absolute atomic E-state index is 4.74. The summed E-state index contributed by atoms with van der Waals surface area (Å²) in [7, 11) is 4.41. The largest absolute Gasteiger partial charge is 0.354 e. The molecule has 0 aromatic carbocycles. The summed E-state index contributed by atoms with van der Waals surface area (Å²) >= 11 is 0. The summed E-state index contributed by atoms with van der Waals surface area (Å²) in [4.78, 5) is 7.19. The van der Waals surface area contributed by atoms with Crippen LogP contribution in [0.15, 0.2) is 24.7 Å². The third-order valence-corrected chi connectivity index (χ3v) is 5.42. The second kappa shape index (κ2) is 5.02. The fourth-order valence-corrected chi connectivity index (χ4v) is 4.17. The van der Waals surface area contributed by atoms with E-state index in [1.165, 1.54) is 43.0 Å². The molecule has 2 aromatic heterocycles. The van der Waals surface area contributed by atoms with Gasteiger partial charge in [0.2, 0.25) is 0 Å². The Morgan fingerprint density at radius 2 is 1.90 bits per heavy atom. The zero-order chi connectivity index (χ0) is 14.4. The number of hydrogen-bond acceptors (Lipinski definition) is 2. The Kier molecular flexibility index (Phi) is 3.14. The lowest BCUT2D eigenvalue weighted by atomic mass is 9.79. The van der Waals surface area contributed by atoms with Crippen molar-refractivity contribution in [3.8, 4) is 0 Å². The lowest BCUT2D eigenvalue weighted by Gasteiger charge is -2.34. The Bertz CT molecular complexity index is 631. The maximum Gasteiger partial charge on any atom is 0.116 e. The van der Waals surface area contributed by atoms with E-state index < -0.39 is 0 Å². The second-order valence-corrected chi connectivity index (χ2v) is 6.68. The van der Waals surface area contributed by atoms with Gasteiger partial charge in [0, 0.05) is 50.2 Å². The number of fused-ring (bicyclic) bond motifs is 2. The van der Waals surface area contributed by atoms with Gasteiger partial charge in [0.25, 0.3) is 0 Å². The quantitative estimate of drug-likeness (QED) is 0.803. The molecule has 1 unspecified atom stereocenters. The average Bonchev–Trinajstić information content (AvgIpc) is 3.04. The molecule has 1 saturated heterocycles. The van der Waals surface area contributed by atoms with Crippen LogP contribution in [0.25, 0.3) is 0 Å². The van der Waals surface area contributed by atoms with Crippen molar-refractivity contribution in [2.24, 2.45) is 13.0 Å². The van der Waals surface area contributed by atoms with Crippen LogP contribution in [0.3, 0.4) is 0 Å². The molecule has 0 saturated carbocycles. The van der Waals surface area contributed by atoms with E-state index in [1.54, 1.807) is 0 Å². The van der Waals surface area contributed by atoms with Gasteiger partial charge in [0.05, 0.1) is 0 Å². The highest BCUT2D eigenvalue weighted by molar-refractivity contribution is 5.34. The normalized spacial score (nSPS) is 23.6. The van der Waals surface area contributed by atoms with Crippen molar-refractivity contribution in [1.29, 1.82) is 0 Å². The number of likely N-dealkylation sites (tertiary alicyclic amines) is 1. The van der Waals surface area contributed by atoms with Crippen molar-refractivity contribution in [3.05, 3.63) is 41.7 Å². The van der Waals surface area contributed by atoms with Gasteiger partial charge in [-0.15, -0.1) is 0 Å². The number of rotatable bonds is 1. The van der Waals surface area contributed by atoms with Crippen LogP contribution in [0.2, 0.25) is 0 Å². The number of aromatic nitrogens is 3. The Labute approximate surface area is 126 Å². The minimum absolute atomic E-state index is 0.479. The van der Waals surface area contributed by atoms with Crippen molar-refractivity contribution in [2.45, 2.75) is 31.7 Å². The third-order valence-electron chi connectivity index (χ3n) is 5.42. The molecule has 1 atom stereocenters. The van der Waals surface area contributed by atoms with Gasteiger partial charge in [-0.25, -0.2) is 4.98 Å². The zero-order valence-corrected chi connectivity index (χ0v) is 13.0. The smallest absolute Gasteiger partial charge is 0.116 e. The van der Waals surface area contributed by atoms with E-state index in [2.05, 4.69) is 46.6 Å². The molecule has 4 nitrogen and oxygen atoms in total. The van der Waals surface area contributed by atoms with Crippen molar-refractivity contribution in [2.75, 3.05) is 20.1 Å². The Hall–Kier alpha value is -1.55. The molecule has 112 valence electrons. The molecule has 0 radical (unpaired) electrons. The predicted molar refractivity (Wildman–Crippen MR) is 83.4 cm³/mol. The second-order valence-electron chi connectivity index (χ2n) is 6.68. The molecule has 0 aliphatic carbocycles. The van der Waals surface area contributed by atoms with Gasteiger partial charge in [-0.3, -0.25) is 0 Å².